The molecule has 0 saturated carbocycles. The van der Waals surface area contributed by atoms with Gasteiger partial charge in [-0.1, -0.05) is 54.5 Å². The van der Waals surface area contributed by atoms with E-state index in [1.807, 2.05) is 74.0 Å². The summed E-state index contributed by atoms with van der Waals surface area (Å²) in [5, 5.41) is 15.0. The Kier molecular flexibility index (Phi) is 8.30. The van der Waals surface area contributed by atoms with Crippen molar-refractivity contribution in [3.63, 3.8) is 0 Å². The van der Waals surface area contributed by atoms with E-state index in [1.165, 1.54) is 11.4 Å². The molecule has 0 radical (unpaired) electrons. The van der Waals surface area contributed by atoms with Gasteiger partial charge in [0.25, 0.3) is 5.91 Å². The molecule has 2 aromatic heterocycles. The topological polar surface area (TPSA) is 118 Å². The molecule has 0 spiro atoms. The Labute approximate surface area is 246 Å². The van der Waals surface area contributed by atoms with Gasteiger partial charge in [0.1, 0.15) is 16.3 Å². The van der Waals surface area contributed by atoms with Gasteiger partial charge < -0.3 is 23.8 Å². The first-order chi connectivity index (χ1) is 20.0. The molecule has 4 aromatic rings. The summed E-state index contributed by atoms with van der Waals surface area (Å²) in [6.07, 6.45) is -0.572. The number of likely N-dealkylation sites (N-methyl/N-ethyl adjacent to an activating group) is 1. The van der Waals surface area contributed by atoms with Crippen LogP contribution in [-0.4, -0.2) is 77.3 Å². The Hall–Kier alpha value is -3.51. The van der Waals surface area contributed by atoms with E-state index in [0.29, 0.717) is 11.4 Å². The number of ether oxygens (including phenoxy) is 1. The highest BCUT2D eigenvalue weighted by Gasteiger charge is 2.36. The Morgan fingerprint density at radius 2 is 1.83 bits per heavy atom. The SMILES string of the molecule is Cc1noc(C)c1S(=O)(=O)N(C)C[C@@H]1OCc2ccccc2-c2c(n(C)c3ccccc23)C(=O)N([C@@H](C)CO)C[C@@H]1C. The average Bonchev–Trinajstić information content (AvgIpc) is 3.47. The van der Waals surface area contributed by atoms with E-state index >= 15 is 0 Å². The van der Waals surface area contributed by atoms with Crippen molar-refractivity contribution in [1.82, 2.24) is 18.9 Å². The van der Waals surface area contributed by atoms with Gasteiger partial charge in [-0.05, 0) is 38.0 Å². The Morgan fingerprint density at radius 1 is 1.14 bits per heavy atom. The first kappa shape index (κ1) is 30.0. The summed E-state index contributed by atoms with van der Waals surface area (Å²) < 4.78 is 42.0. The van der Waals surface area contributed by atoms with Crippen molar-refractivity contribution in [3.05, 3.63) is 71.2 Å². The fraction of sp³-hybridized carbons (Fsp3) is 0.419. The maximum absolute atomic E-state index is 14.5. The zero-order valence-corrected chi connectivity index (χ0v) is 25.7. The van der Waals surface area contributed by atoms with Crippen LogP contribution in [0.2, 0.25) is 0 Å². The molecule has 2 aromatic carbocycles. The lowest BCUT2D eigenvalue weighted by Crippen LogP contribution is -2.48. The Morgan fingerprint density at radius 3 is 2.52 bits per heavy atom. The molecule has 0 unspecified atom stereocenters. The van der Waals surface area contributed by atoms with Crippen LogP contribution in [0.1, 0.15) is 41.4 Å². The van der Waals surface area contributed by atoms with Crippen LogP contribution in [0.25, 0.3) is 22.0 Å². The minimum Gasteiger partial charge on any atom is -0.394 e. The zero-order chi connectivity index (χ0) is 30.3. The van der Waals surface area contributed by atoms with E-state index in [4.69, 9.17) is 9.26 Å². The van der Waals surface area contributed by atoms with Crippen molar-refractivity contribution in [1.29, 1.82) is 0 Å². The molecule has 11 heteroatoms. The number of benzene rings is 2. The second kappa shape index (κ2) is 11.6. The number of rotatable bonds is 6. The van der Waals surface area contributed by atoms with Crippen LogP contribution in [0, 0.1) is 19.8 Å². The summed E-state index contributed by atoms with van der Waals surface area (Å²) in [7, 11) is -0.521. The number of aryl methyl sites for hydroxylation is 3. The summed E-state index contributed by atoms with van der Waals surface area (Å²) in [4.78, 5) is 16.2. The van der Waals surface area contributed by atoms with Gasteiger partial charge >= 0.3 is 0 Å². The van der Waals surface area contributed by atoms with Gasteiger partial charge in [-0.3, -0.25) is 4.79 Å². The summed E-state index contributed by atoms with van der Waals surface area (Å²) in [5.41, 5.74) is 4.34. The van der Waals surface area contributed by atoms with Crippen LogP contribution in [-0.2, 0) is 28.4 Å². The van der Waals surface area contributed by atoms with Gasteiger partial charge in [0.15, 0.2) is 5.76 Å². The van der Waals surface area contributed by atoms with E-state index in [-0.39, 0.29) is 48.8 Å². The number of carbonyl (C=O) groups excluding carboxylic acids is 1. The summed E-state index contributed by atoms with van der Waals surface area (Å²) in [6.45, 7) is 7.22. The molecule has 1 N–H and O–H groups in total. The van der Waals surface area contributed by atoms with Gasteiger partial charge in [-0.15, -0.1) is 0 Å². The Balaban J connectivity index is 1.62. The normalized spacial score (nSPS) is 19.0. The molecule has 1 aliphatic heterocycles. The first-order valence-electron chi connectivity index (χ1n) is 14.1. The summed E-state index contributed by atoms with van der Waals surface area (Å²) in [6, 6.07) is 15.3. The largest absolute Gasteiger partial charge is 0.394 e. The molecule has 0 fully saturated rings. The van der Waals surface area contributed by atoms with Crippen molar-refractivity contribution in [2.24, 2.45) is 13.0 Å². The highest BCUT2D eigenvalue weighted by molar-refractivity contribution is 7.89. The molecule has 0 saturated heterocycles. The molecule has 1 aliphatic rings. The fourth-order valence-corrected chi connectivity index (χ4v) is 7.34. The molecule has 3 atom stereocenters. The van der Waals surface area contributed by atoms with Gasteiger partial charge in [-0.2, -0.15) is 4.31 Å². The molecule has 224 valence electrons. The van der Waals surface area contributed by atoms with Crippen molar-refractivity contribution in [2.45, 2.75) is 51.3 Å². The van der Waals surface area contributed by atoms with E-state index in [2.05, 4.69) is 5.16 Å². The van der Waals surface area contributed by atoms with Crippen LogP contribution < -0.4 is 0 Å². The molecule has 3 heterocycles. The highest BCUT2D eigenvalue weighted by atomic mass is 32.2. The minimum atomic E-state index is -3.92. The van der Waals surface area contributed by atoms with Gasteiger partial charge in [0, 0.05) is 49.6 Å². The minimum absolute atomic E-state index is 0.0428. The molecular weight excluding hydrogens is 556 g/mol. The second-order valence-corrected chi connectivity index (χ2v) is 13.2. The molecule has 1 amide bonds. The predicted octanol–water partition coefficient (Wildman–Crippen LogP) is 4.13. The van der Waals surface area contributed by atoms with Crippen molar-refractivity contribution in [3.8, 4) is 11.1 Å². The summed E-state index contributed by atoms with van der Waals surface area (Å²) in [5.74, 6) is -0.263. The van der Waals surface area contributed by atoms with Gasteiger partial charge in [0.05, 0.1) is 25.4 Å². The molecule has 0 bridgehead atoms. The van der Waals surface area contributed by atoms with Crippen LogP contribution in [0.3, 0.4) is 0 Å². The molecule has 10 nitrogen and oxygen atoms in total. The first-order valence-corrected chi connectivity index (χ1v) is 15.5. The quantitative estimate of drug-likeness (QED) is 0.357. The third-order valence-corrected chi connectivity index (χ3v) is 10.4. The number of sulfonamides is 1. The molecule has 42 heavy (non-hydrogen) atoms. The van der Waals surface area contributed by atoms with E-state index < -0.39 is 22.2 Å². The number of aliphatic hydroxyl groups is 1. The van der Waals surface area contributed by atoms with E-state index in [0.717, 1.165) is 27.6 Å². The third-order valence-electron chi connectivity index (χ3n) is 8.30. The molecule has 0 aliphatic carbocycles. The number of amides is 1. The monoisotopic (exact) mass is 594 g/mol. The number of aromatic nitrogens is 2. The third kappa shape index (κ3) is 5.15. The van der Waals surface area contributed by atoms with Gasteiger partial charge in [0.2, 0.25) is 10.0 Å². The van der Waals surface area contributed by atoms with Crippen LogP contribution >= 0.6 is 0 Å². The van der Waals surface area contributed by atoms with Crippen molar-refractivity contribution < 1.29 is 27.6 Å². The van der Waals surface area contributed by atoms with Gasteiger partial charge in [-0.25, -0.2) is 8.42 Å². The highest BCUT2D eigenvalue weighted by Crippen LogP contribution is 2.38. The standard InChI is InChI=1S/C31H38N4O6S/c1-19-15-35(20(2)17-36)31(37)29-28(25-13-9-10-14-26(25)34(29)6)24-12-8-7-11-23(24)18-40-27(19)16-33(5)42(38,39)30-21(3)32-41-22(30)4/h7-14,19-20,27,36H,15-18H2,1-6H3/t19-,20-,27-/m0/s1. The number of carbonyl (C=O) groups is 1. The zero-order valence-electron chi connectivity index (χ0n) is 24.9. The lowest BCUT2D eigenvalue weighted by molar-refractivity contribution is -0.0147. The number of hydrogen-bond donors (Lipinski definition) is 1. The molecule has 5 rings (SSSR count). The smallest absolute Gasteiger partial charge is 0.271 e. The van der Waals surface area contributed by atoms with Crippen LogP contribution in [0.4, 0.5) is 0 Å². The number of fused-ring (bicyclic) bond motifs is 5. The van der Waals surface area contributed by atoms with E-state index in [9.17, 15) is 18.3 Å². The Bertz CT molecular complexity index is 1710. The number of nitrogens with zero attached hydrogens (tertiary/aromatic N) is 4. The maximum Gasteiger partial charge on any atom is 0.271 e. The van der Waals surface area contributed by atoms with Crippen molar-refractivity contribution in [2.75, 3.05) is 26.7 Å². The lowest BCUT2D eigenvalue weighted by atomic mass is 9.96. The predicted molar refractivity (Wildman–Crippen MR) is 159 cm³/mol. The average molecular weight is 595 g/mol. The second-order valence-electron chi connectivity index (χ2n) is 11.2. The van der Waals surface area contributed by atoms with Crippen molar-refractivity contribution >= 4 is 26.8 Å². The summed E-state index contributed by atoms with van der Waals surface area (Å²) >= 11 is 0. The molecular formula is C31H38N4O6S. The fourth-order valence-electron chi connectivity index (χ4n) is 5.88. The van der Waals surface area contributed by atoms with Crippen LogP contribution in [0.5, 0.6) is 0 Å². The van der Waals surface area contributed by atoms with E-state index in [1.54, 1.807) is 18.7 Å². The lowest BCUT2D eigenvalue weighted by Gasteiger charge is -2.34. The number of hydrogen-bond acceptors (Lipinski definition) is 7. The maximum atomic E-state index is 14.5. The van der Waals surface area contributed by atoms with Crippen LogP contribution in [0.15, 0.2) is 57.9 Å². The number of aliphatic hydroxyl groups excluding tert-OH is 1. The number of para-hydroxylation sites is 1.